The lowest BCUT2D eigenvalue weighted by Gasteiger charge is -2.19. The number of carbonyl (C=O) groups is 1. The van der Waals surface area contributed by atoms with Crippen molar-refractivity contribution in [2.24, 2.45) is 0 Å². The molecule has 1 rings (SSSR count). The van der Waals surface area contributed by atoms with E-state index in [0.29, 0.717) is 6.61 Å². The maximum atomic E-state index is 11.7. The van der Waals surface area contributed by atoms with Crippen molar-refractivity contribution in [3.63, 3.8) is 0 Å². The van der Waals surface area contributed by atoms with Gasteiger partial charge < -0.3 is 15.0 Å². The summed E-state index contributed by atoms with van der Waals surface area (Å²) >= 11 is 0. The number of likely N-dealkylation sites (tertiary alicyclic amines) is 1. The van der Waals surface area contributed by atoms with Crippen LogP contribution < -0.4 is 5.32 Å². The SMILES string of the molecule is CCCC(NCCN1CCCC1)C(=O)OCC. The molecule has 1 unspecified atom stereocenters. The van der Waals surface area contributed by atoms with E-state index in [9.17, 15) is 4.79 Å². The largest absolute Gasteiger partial charge is 0.465 e. The second-order valence-corrected chi connectivity index (χ2v) is 4.60. The zero-order valence-corrected chi connectivity index (χ0v) is 11.2. The van der Waals surface area contributed by atoms with Gasteiger partial charge in [0.15, 0.2) is 0 Å². The number of hydrogen-bond donors (Lipinski definition) is 1. The summed E-state index contributed by atoms with van der Waals surface area (Å²) in [6.07, 6.45) is 4.49. The Balaban J connectivity index is 2.20. The van der Waals surface area contributed by atoms with Crippen molar-refractivity contribution >= 4 is 5.97 Å². The van der Waals surface area contributed by atoms with Crippen molar-refractivity contribution < 1.29 is 9.53 Å². The Bertz CT molecular complexity index is 215. The van der Waals surface area contributed by atoms with E-state index in [4.69, 9.17) is 4.74 Å². The van der Waals surface area contributed by atoms with Crippen molar-refractivity contribution in [2.75, 3.05) is 32.8 Å². The summed E-state index contributed by atoms with van der Waals surface area (Å²) in [5.74, 6) is -0.101. The van der Waals surface area contributed by atoms with Crippen molar-refractivity contribution in [1.82, 2.24) is 10.2 Å². The third kappa shape index (κ3) is 5.50. The van der Waals surface area contributed by atoms with Crippen LogP contribution in [0.5, 0.6) is 0 Å². The highest BCUT2D eigenvalue weighted by atomic mass is 16.5. The fourth-order valence-electron chi connectivity index (χ4n) is 2.24. The number of carbonyl (C=O) groups excluding carboxylic acids is 1. The normalized spacial score (nSPS) is 18.2. The Hall–Kier alpha value is -0.610. The van der Waals surface area contributed by atoms with Crippen LogP contribution in [0.25, 0.3) is 0 Å². The minimum atomic E-state index is -0.123. The van der Waals surface area contributed by atoms with Gasteiger partial charge in [-0.15, -0.1) is 0 Å². The van der Waals surface area contributed by atoms with Crippen LogP contribution in [0.2, 0.25) is 0 Å². The number of nitrogens with one attached hydrogen (secondary N) is 1. The van der Waals surface area contributed by atoms with Crippen molar-refractivity contribution in [1.29, 1.82) is 0 Å². The third-order valence-corrected chi connectivity index (χ3v) is 3.17. The third-order valence-electron chi connectivity index (χ3n) is 3.17. The number of nitrogens with zero attached hydrogens (tertiary/aromatic N) is 1. The molecule has 4 heteroatoms. The molecule has 1 atom stereocenters. The summed E-state index contributed by atoms with van der Waals surface area (Å²) in [7, 11) is 0. The van der Waals surface area contributed by atoms with Gasteiger partial charge in [-0.25, -0.2) is 0 Å². The van der Waals surface area contributed by atoms with Crippen LogP contribution in [0.1, 0.15) is 39.5 Å². The molecule has 0 spiro atoms. The van der Waals surface area contributed by atoms with Gasteiger partial charge in [0.05, 0.1) is 6.61 Å². The van der Waals surface area contributed by atoms with Gasteiger partial charge in [-0.1, -0.05) is 13.3 Å². The summed E-state index contributed by atoms with van der Waals surface area (Å²) in [6, 6.07) is -0.123. The predicted octanol–water partition coefficient (Wildman–Crippen LogP) is 1.40. The zero-order chi connectivity index (χ0) is 12.5. The molecule has 4 nitrogen and oxygen atoms in total. The minimum Gasteiger partial charge on any atom is -0.465 e. The quantitative estimate of drug-likeness (QED) is 0.653. The molecule has 100 valence electrons. The van der Waals surface area contributed by atoms with Gasteiger partial charge >= 0.3 is 5.97 Å². The fourth-order valence-corrected chi connectivity index (χ4v) is 2.24. The molecule has 17 heavy (non-hydrogen) atoms. The lowest BCUT2D eigenvalue weighted by molar-refractivity contribution is -0.145. The summed E-state index contributed by atoms with van der Waals surface area (Å²) in [5, 5.41) is 3.32. The van der Waals surface area contributed by atoms with Gasteiger partial charge in [0.25, 0.3) is 0 Å². The van der Waals surface area contributed by atoms with Crippen LogP contribution in [0.15, 0.2) is 0 Å². The molecule has 1 aliphatic heterocycles. The highest BCUT2D eigenvalue weighted by Crippen LogP contribution is 2.06. The predicted molar refractivity (Wildman–Crippen MR) is 69.0 cm³/mol. The maximum Gasteiger partial charge on any atom is 0.323 e. The van der Waals surface area contributed by atoms with Gasteiger partial charge in [0.1, 0.15) is 6.04 Å². The molecule has 1 fully saturated rings. The molecule has 0 radical (unpaired) electrons. The van der Waals surface area contributed by atoms with E-state index in [-0.39, 0.29) is 12.0 Å². The molecule has 0 aromatic carbocycles. The first-order valence-electron chi connectivity index (χ1n) is 6.90. The van der Waals surface area contributed by atoms with Gasteiger partial charge in [-0.2, -0.15) is 0 Å². The first-order valence-corrected chi connectivity index (χ1v) is 6.90. The van der Waals surface area contributed by atoms with E-state index in [2.05, 4.69) is 17.1 Å². The number of hydrogen-bond acceptors (Lipinski definition) is 4. The van der Waals surface area contributed by atoms with Crippen molar-refractivity contribution in [2.45, 2.75) is 45.6 Å². The smallest absolute Gasteiger partial charge is 0.323 e. The van der Waals surface area contributed by atoms with Gasteiger partial charge in [0.2, 0.25) is 0 Å². The van der Waals surface area contributed by atoms with Crippen LogP contribution >= 0.6 is 0 Å². The average molecular weight is 242 g/mol. The molecular formula is C13H26N2O2. The molecule has 0 amide bonds. The summed E-state index contributed by atoms with van der Waals surface area (Å²) in [5.41, 5.74) is 0. The van der Waals surface area contributed by atoms with E-state index >= 15 is 0 Å². The maximum absolute atomic E-state index is 11.7. The zero-order valence-electron chi connectivity index (χ0n) is 11.2. The molecule has 0 aromatic rings. The number of esters is 1. The monoisotopic (exact) mass is 242 g/mol. The molecular weight excluding hydrogens is 216 g/mol. The van der Waals surface area contributed by atoms with Crippen LogP contribution in [0.4, 0.5) is 0 Å². The highest BCUT2D eigenvalue weighted by Gasteiger charge is 2.18. The minimum absolute atomic E-state index is 0.101. The molecule has 1 heterocycles. The first kappa shape index (κ1) is 14.5. The van der Waals surface area contributed by atoms with E-state index in [1.807, 2.05) is 6.92 Å². The van der Waals surface area contributed by atoms with Crippen LogP contribution in [-0.4, -0.2) is 49.7 Å². The van der Waals surface area contributed by atoms with Gasteiger partial charge in [0, 0.05) is 13.1 Å². The molecule has 1 N–H and O–H groups in total. The highest BCUT2D eigenvalue weighted by molar-refractivity contribution is 5.75. The molecule has 0 aromatic heterocycles. The van der Waals surface area contributed by atoms with Gasteiger partial charge in [-0.05, 0) is 39.3 Å². The standard InChI is InChI=1S/C13H26N2O2/c1-3-7-12(13(16)17-4-2)14-8-11-15-9-5-6-10-15/h12,14H,3-11H2,1-2H3. The number of rotatable bonds is 8. The summed E-state index contributed by atoms with van der Waals surface area (Å²) < 4.78 is 5.06. The molecule has 1 aliphatic rings. The lowest BCUT2D eigenvalue weighted by atomic mass is 10.1. The van der Waals surface area contributed by atoms with Crippen molar-refractivity contribution in [3.05, 3.63) is 0 Å². The van der Waals surface area contributed by atoms with Gasteiger partial charge in [-0.3, -0.25) is 4.79 Å². The van der Waals surface area contributed by atoms with E-state index < -0.39 is 0 Å². The van der Waals surface area contributed by atoms with Crippen LogP contribution in [0.3, 0.4) is 0 Å². The second-order valence-electron chi connectivity index (χ2n) is 4.60. The summed E-state index contributed by atoms with van der Waals surface area (Å²) in [4.78, 5) is 14.1. The van der Waals surface area contributed by atoms with Crippen LogP contribution in [-0.2, 0) is 9.53 Å². The summed E-state index contributed by atoms with van der Waals surface area (Å²) in [6.45, 7) is 8.74. The average Bonchev–Trinajstić information content (AvgIpc) is 2.81. The van der Waals surface area contributed by atoms with Crippen LogP contribution in [0, 0.1) is 0 Å². The Labute approximate surface area is 105 Å². The molecule has 0 saturated carbocycles. The Morgan fingerprint density at radius 3 is 2.65 bits per heavy atom. The molecule has 0 bridgehead atoms. The van der Waals surface area contributed by atoms with E-state index in [1.54, 1.807) is 0 Å². The van der Waals surface area contributed by atoms with E-state index in [0.717, 1.165) is 25.9 Å². The van der Waals surface area contributed by atoms with Crippen molar-refractivity contribution in [3.8, 4) is 0 Å². The topological polar surface area (TPSA) is 41.6 Å². The Morgan fingerprint density at radius 1 is 1.35 bits per heavy atom. The molecule has 0 aliphatic carbocycles. The van der Waals surface area contributed by atoms with E-state index in [1.165, 1.54) is 25.9 Å². The first-order chi connectivity index (χ1) is 8.27. The fraction of sp³-hybridized carbons (Fsp3) is 0.923. The number of ether oxygens (including phenoxy) is 1. The molecule has 1 saturated heterocycles. The lowest BCUT2D eigenvalue weighted by Crippen LogP contribution is -2.41. The Morgan fingerprint density at radius 2 is 2.06 bits per heavy atom. The second kappa shape index (κ2) is 8.48. The Kier molecular flexibility index (Phi) is 7.21.